The molecular weight excluding hydrogens is 228 g/mol. The molecule has 1 aromatic heterocycles. The van der Waals surface area contributed by atoms with Crippen molar-refractivity contribution in [2.24, 2.45) is 0 Å². The van der Waals surface area contributed by atoms with E-state index in [2.05, 4.69) is 5.27 Å². The van der Waals surface area contributed by atoms with Gasteiger partial charge >= 0.3 is 11.3 Å². The Morgan fingerprint density at radius 2 is 1.50 bits per heavy atom. The number of para-hydroxylation sites is 1. The van der Waals surface area contributed by atoms with Gasteiger partial charge in [-0.2, -0.15) is 0 Å². The van der Waals surface area contributed by atoms with Crippen LogP contribution in [-0.2, 0) is 0 Å². The molecule has 0 radical (unpaired) electrons. The number of H-pyrrole nitrogens is 1. The van der Waals surface area contributed by atoms with Crippen molar-refractivity contribution in [3.8, 4) is 16.9 Å². The maximum Gasteiger partial charge on any atom is 0.435 e. The van der Waals surface area contributed by atoms with Crippen LogP contribution >= 0.6 is 0 Å². The van der Waals surface area contributed by atoms with E-state index >= 15 is 0 Å². The van der Waals surface area contributed by atoms with Crippen LogP contribution in [0.3, 0.4) is 0 Å². The predicted octanol–water partition coefficient (Wildman–Crippen LogP) is 1.91. The molecular formula is C14H11N2O2+. The third-order valence-electron chi connectivity index (χ3n) is 2.71. The third-order valence-corrected chi connectivity index (χ3v) is 2.71. The number of nitrogens with one attached hydrogen (secondary N) is 1. The summed E-state index contributed by atoms with van der Waals surface area (Å²) in [5, 5.41) is 2.62. The van der Waals surface area contributed by atoms with Crippen LogP contribution < -0.4 is 10.3 Å². The van der Waals surface area contributed by atoms with Gasteiger partial charge in [0.05, 0.1) is 5.56 Å². The first kappa shape index (κ1) is 10.5. The van der Waals surface area contributed by atoms with Crippen molar-refractivity contribution >= 4 is 0 Å². The van der Waals surface area contributed by atoms with Gasteiger partial charge in [0.2, 0.25) is 5.69 Å². The first-order valence-corrected chi connectivity index (χ1v) is 5.60. The van der Waals surface area contributed by atoms with E-state index in [1.165, 1.54) is 0 Å². The highest BCUT2D eigenvalue weighted by atomic mass is 16.5. The molecule has 1 N–H and O–H groups in total. The average molecular weight is 239 g/mol. The summed E-state index contributed by atoms with van der Waals surface area (Å²) >= 11 is 0. The molecule has 18 heavy (non-hydrogen) atoms. The van der Waals surface area contributed by atoms with E-state index in [-0.39, 0.29) is 5.63 Å². The van der Waals surface area contributed by atoms with Crippen molar-refractivity contribution in [2.45, 2.75) is 0 Å². The van der Waals surface area contributed by atoms with Crippen LogP contribution in [0.1, 0.15) is 0 Å². The van der Waals surface area contributed by atoms with Crippen molar-refractivity contribution in [1.29, 1.82) is 0 Å². The molecule has 0 saturated heterocycles. The molecule has 0 saturated carbocycles. The number of hydrogen-bond donors (Lipinski definition) is 1. The molecule has 1 heterocycles. The fraction of sp³-hybridized carbons (Fsp3) is 0. The van der Waals surface area contributed by atoms with Crippen LogP contribution in [-0.4, -0.2) is 5.27 Å². The van der Waals surface area contributed by atoms with Gasteiger partial charge < -0.3 is 0 Å². The molecule has 0 atom stereocenters. The lowest BCUT2D eigenvalue weighted by atomic mass is 10.1. The van der Waals surface area contributed by atoms with E-state index in [1.807, 2.05) is 60.7 Å². The standard InChI is InChI=1S/C14H10N2O2/c17-14-13(11-7-3-1-4-8-11)16(15-18-14)12-9-5-2-6-10-12/h1-10H/p+1. The van der Waals surface area contributed by atoms with Gasteiger partial charge in [-0.25, -0.2) is 4.79 Å². The molecule has 3 rings (SSSR count). The molecule has 4 nitrogen and oxygen atoms in total. The van der Waals surface area contributed by atoms with E-state index in [0.717, 1.165) is 11.3 Å². The Labute approximate surface area is 103 Å². The summed E-state index contributed by atoms with van der Waals surface area (Å²) in [6.45, 7) is 0. The molecule has 2 aromatic carbocycles. The number of aromatic nitrogens is 2. The zero-order valence-electron chi connectivity index (χ0n) is 9.54. The zero-order chi connectivity index (χ0) is 12.4. The van der Waals surface area contributed by atoms with Gasteiger partial charge in [0.15, 0.2) is 0 Å². The van der Waals surface area contributed by atoms with Gasteiger partial charge in [0.25, 0.3) is 0 Å². The summed E-state index contributed by atoms with van der Waals surface area (Å²) in [5.41, 5.74) is 1.77. The monoisotopic (exact) mass is 239 g/mol. The molecule has 0 fully saturated rings. The number of nitrogens with zero attached hydrogens (tertiary/aromatic N) is 1. The molecule has 0 amide bonds. The maximum atomic E-state index is 11.8. The lowest BCUT2D eigenvalue weighted by molar-refractivity contribution is -0.660. The van der Waals surface area contributed by atoms with Gasteiger partial charge in [-0.05, 0) is 22.1 Å². The second-order valence-electron chi connectivity index (χ2n) is 3.87. The largest absolute Gasteiger partial charge is 0.435 e. The Morgan fingerprint density at radius 3 is 2.17 bits per heavy atom. The third kappa shape index (κ3) is 1.73. The number of aromatic amines is 1. The lowest BCUT2D eigenvalue weighted by Gasteiger charge is -1.93. The van der Waals surface area contributed by atoms with Crippen molar-refractivity contribution in [3.05, 3.63) is 71.1 Å². The maximum absolute atomic E-state index is 11.8. The summed E-state index contributed by atoms with van der Waals surface area (Å²) < 4.78 is 6.52. The Morgan fingerprint density at radius 1 is 0.889 bits per heavy atom. The fourth-order valence-electron chi connectivity index (χ4n) is 1.87. The number of rotatable bonds is 2. The molecule has 0 aliphatic carbocycles. The fourth-order valence-corrected chi connectivity index (χ4v) is 1.87. The van der Waals surface area contributed by atoms with Crippen LogP contribution in [0.2, 0.25) is 0 Å². The van der Waals surface area contributed by atoms with Crippen LogP contribution in [0.5, 0.6) is 0 Å². The lowest BCUT2D eigenvalue weighted by Crippen LogP contribution is -2.35. The molecule has 4 heteroatoms. The van der Waals surface area contributed by atoms with E-state index in [1.54, 1.807) is 4.68 Å². The van der Waals surface area contributed by atoms with Gasteiger partial charge in [0.1, 0.15) is 0 Å². The van der Waals surface area contributed by atoms with E-state index in [9.17, 15) is 4.79 Å². The van der Waals surface area contributed by atoms with E-state index < -0.39 is 0 Å². The SMILES string of the molecule is O=c1o[nH][n+](-c2ccccc2)c1-c1ccccc1. The summed E-state index contributed by atoms with van der Waals surface area (Å²) in [5.74, 6) is 0. The average Bonchev–Trinajstić information content (AvgIpc) is 2.83. The first-order chi connectivity index (χ1) is 8.86. The van der Waals surface area contributed by atoms with Gasteiger partial charge in [-0.1, -0.05) is 36.4 Å². The topological polar surface area (TPSA) is 49.9 Å². The van der Waals surface area contributed by atoms with Crippen molar-refractivity contribution in [1.82, 2.24) is 5.27 Å². The van der Waals surface area contributed by atoms with Crippen molar-refractivity contribution in [3.63, 3.8) is 0 Å². The second kappa shape index (κ2) is 4.33. The quantitative estimate of drug-likeness (QED) is 0.694. The zero-order valence-corrected chi connectivity index (χ0v) is 9.54. The normalized spacial score (nSPS) is 10.4. The Balaban J connectivity index is 2.23. The second-order valence-corrected chi connectivity index (χ2v) is 3.87. The van der Waals surface area contributed by atoms with E-state index in [0.29, 0.717) is 5.69 Å². The first-order valence-electron chi connectivity index (χ1n) is 5.60. The number of benzene rings is 2. The minimum atomic E-state index is -0.384. The van der Waals surface area contributed by atoms with E-state index in [4.69, 9.17) is 4.52 Å². The molecule has 0 bridgehead atoms. The minimum absolute atomic E-state index is 0.384. The smallest absolute Gasteiger partial charge is 0.282 e. The van der Waals surface area contributed by atoms with Crippen LogP contribution in [0.25, 0.3) is 16.9 Å². The molecule has 0 aliphatic heterocycles. The summed E-state index contributed by atoms with van der Waals surface area (Å²) in [6.07, 6.45) is 0. The van der Waals surface area contributed by atoms with Gasteiger partial charge in [-0.3, -0.25) is 4.52 Å². The summed E-state index contributed by atoms with van der Waals surface area (Å²) in [7, 11) is 0. The molecule has 3 aromatic rings. The minimum Gasteiger partial charge on any atom is -0.282 e. The van der Waals surface area contributed by atoms with Crippen LogP contribution in [0.4, 0.5) is 0 Å². The highest BCUT2D eigenvalue weighted by molar-refractivity contribution is 5.54. The molecule has 0 spiro atoms. The Hall–Kier alpha value is -2.62. The van der Waals surface area contributed by atoms with Gasteiger partial charge in [-0.15, -0.1) is 0 Å². The highest BCUT2D eigenvalue weighted by Crippen LogP contribution is 2.11. The predicted molar refractivity (Wildman–Crippen MR) is 66.3 cm³/mol. The van der Waals surface area contributed by atoms with Gasteiger partial charge in [0, 0.05) is 12.1 Å². The molecule has 0 aliphatic rings. The highest BCUT2D eigenvalue weighted by Gasteiger charge is 2.24. The van der Waals surface area contributed by atoms with Crippen LogP contribution in [0.15, 0.2) is 70.0 Å². The molecule has 88 valence electrons. The van der Waals surface area contributed by atoms with Crippen LogP contribution in [0, 0.1) is 0 Å². The Kier molecular flexibility index (Phi) is 2.53. The van der Waals surface area contributed by atoms with Crippen molar-refractivity contribution < 1.29 is 9.20 Å². The molecule has 0 unspecified atom stereocenters. The van der Waals surface area contributed by atoms with Crippen molar-refractivity contribution in [2.75, 3.05) is 0 Å². The summed E-state index contributed by atoms with van der Waals surface area (Å²) in [4.78, 5) is 11.8. The summed E-state index contributed by atoms with van der Waals surface area (Å²) in [6, 6.07) is 19.0. The number of hydrogen-bond acceptors (Lipinski definition) is 2. The Bertz CT molecular complexity index is 699.